The number of anilines is 2. The van der Waals surface area contributed by atoms with Gasteiger partial charge in [-0.15, -0.1) is 0 Å². The molecule has 0 spiro atoms. The van der Waals surface area contributed by atoms with Crippen molar-refractivity contribution in [1.82, 2.24) is 0 Å². The zero-order valence-corrected chi connectivity index (χ0v) is 18.9. The topological polar surface area (TPSA) is 64.3 Å². The maximum Gasteiger partial charge on any atom is 0.412 e. The number of amides is 1. The molecule has 4 rings (SSSR count). The van der Waals surface area contributed by atoms with Gasteiger partial charge >= 0.3 is 6.09 Å². The van der Waals surface area contributed by atoms with Crippen LogP contribution in [0, 0.1) is 0 Å². The predicted molar refractivity (Wildman–Crippen MR) is 130 cm³/mol. The second kappa shape index (κ2) is 9.18. The SMILES string of the molecule is CC(C)(C)OC(=O)Nc1ccc2ccccc2c1.Nc1ccc2ccccc2c1Br. The minimum Gasteiger partial charge on any atom is -0.444 e. The maximum atomic E-state index is 11.6. The Labute approximate surface area is 185 Å². The van der Waals surface area contributed by atoms with Crippen LogP contribution in [0.3, 0.4) is 0 Å². The molecule has 0 saturated heterocycles. The van der Waals surface area contributed by atoms with Crippen molar-refractivity contribution in [2.75, 3.05) is 11.1 Å². The van der Waals surface area contributed by atoms with Gasteiger partial charge in [0.2, 0.25) is 0 Å². The highest BCUT2D eigenvalue weighted by Crippen LogP contribution is 2.28. The highest BCUT2D eigenvalue weighted by atomic mass is 79.9. The van der Waals surface area contributed by atoms with E-state index in [9.17, 15) is 4.79 Å². The molecule has 1 amide bonds. The first kappa shape index (κ1) is 21.7. The normalized spacial score (nSPS) is 10.9. The Kier molecular flexibility index (Phi) is 6.63. The van der Waals surface area contributed by atoms with Crippen molar-refractivity contribution in [3.8, 4) is 0 Å². The summed E-state index contributed by atoms with van der Waals surface area (Å²) in [7, 11) is 0. The summed E-state index contributed by atoms with van der Waals surface area (Å²) < 4.78 is 6.19. The highest BCUT2D eigenvalue weighted by Gasteiger charge is 2.16. The molecule has 0 radical (unpaired) electrons. The molecule has 3 N–H and O–H groups in total. The number of carbonyl (C=O) groups excluding carboxylic acids is 1. The lowest BCUT2D eigenvalue weighted by Crippen LogP contribution is -2.27. The van der Waals surface area contributed by atoms with E-state index in [2.05, 4.69) is 33.4 Å². The van der Waals surface area contributed by atoms with Crippen molar-refractivity contribution >= 4 is 54.9 Å². The summed E-state index contributed by atoms with van der Waals surface area (Å²) in [4.78, 5) is 11.6. The standard InChI is InChI=1S/C15H17NO2.C10H8BrN/c1-15(2,3)18-14(17)16-13-9-8-11-6-4-5-7-12(11)10-13;11-10-8-4-2-1-3-7(8)5-6-9(10)12/h4-10H,1-3H3,(H,16,17);1-6H,12H2. The van der Waals surface area contributed by atoms with E-state index in [0.717, 1.165) is 32.0 Å². The Morgan fingerprint density at radius 1 is 0.867 bits per heavy atom. The monoisotopic (exact) mass is 464 g/mol. The van der Waals surface area contributed by atoms with Crippen molar-refractivity contribution in [2.24, 2.45) is 0 Å². The number of rotatable bonds is 1. The van der Waals surface area contributed by atoms with Gasteiger partial charge in [0.05, 0.1) is 0 Å². The average Bonchev–Trinajstić information content (AvgIpc) is 2.70. The molecule has 4 aromatic rings. The highest BCUT2D eigenvalue weighted by molar-refractivity contribution is 9.10. The molecule has 5 heteroatoms. The molecule has 0 bridgehead atoms. The lowest BCUT2D eigenvalue weighted by Gasteiger charge is -2.19. The number of fused-ring (bicyclic) bond motifs is 2. The fourth-order valence-electron chi connectivity index (χ4n) is 2.94. The molecule has 0 aliphatic heterocycles. The van der Waals surface area contributed by atoms with Crippen LogP contribution in [0.15, 0.2) is 83.3 Å². The fourth-order valence-corrected chi connectivity index (χ4v) is 3.43. The van der Waals surface area contributed by atoms with Gasteiger partial charge in [0.25, 0.3) is 0 Å². The van der Waals surface area contributed by atoms with E-state index in [-0.39, 0.29) is 0 Å². The quantitative estimate of drug-likeness (QED) is 0.289. The summed E-state index contributed by atoms with van der Waals surface area (Å²) in [5.41, 5.74) is 6.78. The van der Waals surface area contributed by atoms with Gasteiger partial charge in [-0.1, -0.05) is 60.7 Å². The Morgan fingerprint density at radius 2 is 1.47 bits per heavy atom. The third-order valence-electron chi connectivity index (χ3n) is 4.29. The van der Waals surface area contributed by atoms with E-state index in [1.54, 1.807) is 0 Å². The summed E-state index contributed by atoms with van der Waals surface area (Å²) >= 11 is 3.46. The average molecular weight is 465 g/mol. The molecule has 0 unspecified atom stereocenters. The van der Waals surface area contributed by atoms with Crippen LogP contribution < -0.4 is 11.1 Å². The number of nitrogen functional groups attached to an aromatic ring is 1. The van der Waals surface area contributed by atoms with E-state index < -0.39 is 11.7 Å². The first-order valence-corrected chi connectivity index (χ1v) is 10.4. The molecule has 4 aromatic carbocycles. The molecule has 154 valence electrons. The van der Waals surface area contributed by atoms with Crippen LogP contribution in [-0.2, 0) is 4.74 Å². The summed E-state index contributed by atoms with van der Waals surface area (Å²) in [5.74, 6) is 0. The summed E-state index contributed by atoms with van der Waals surface area (Å²) in [6.07, 6.45) is -0.433. The van der Waals surface area contributed by atoms with Crippen molar-refractivity contribution in [3.63, 3.8) is 0 Å². The summed E-state index contributed by atoms with van der Waals surface area (Å²) in [6, 6.07) is 25.9. The van der Waals surface area contributed by atoms with E-state index in [1.807, 2.05) is 87.5 Å². The smallest absolute Gasteiger partial charge is 0.412 e. The number of carbonyl (C=O) groups is 1. The number of halogens is 1. The van der Waals surface area contributed by atoms with Crippen LogP contribution in [0.1, 0.15) is 20.8 Å². The Balaban J connectivity index is 0.000000184. The van der Waals surface area contributed by atoms with Gasteiger partial charge in [-0.2, -0.15) is 0 Å². The van der Waals surface area contributed by atoms with Crippen molar-refractivity contribution in [3.05, 3.63) is 83.3 Å². The van der Waals surface area contributed by atoms with Crippen LogP contribution >= 0.6 is 15.9 Å². The Hall–Kier alpha value is -3.05. The molecule has 0 aromatic heterocycles. The minimum absolute atomic E-state index is 0.433. The van der Waals surface area contributed by atoms with Gasteiger partial charge in [0.1, 0.15) is 5.60 Å². The van der Waals surface area contributed by atoms with Gasteiger partial charge in [-0.25, -0.2) is 4.79 Å². The number of benzene rings is 4. The molecule has 4 nitrogen and oxygen atoms in total. The molecule has 0 aliphatic rings. The molecule has 0 aliphatic carbocycles. The van der Waals surface area contributed by atoms with Gasteiger partial charge in [-0.3, -0.25) is 5.32 Å². The molecule has 30 heavy (non-hydrogen) atoms. The molecule has 0 fully saturated rings. The van der Waals surface area contributed by atoms with Gasteiger partial charge in [0, 0.05) is 15.8 Å². The maximum absolute atomic E-state index is 11.6. The summed E-state index contributed by atoms with van der Waals surface area (Å²) in [5, 5.41) is 7.34. The minimum atomic E-state index is -0.485. The zero-order valence-electron chi connectivity index (χ0n) is 17.3. The van der Waals surface area contributed by atoms with E-state index >= 15 is 0 Å². The number of ether oxygens (including phenoxy) is 1. The van der Waals surface area contributed by atoms with Crippen LogP contribution in [-0.4, -0.2) is 11.7 Å². The van der Waals surface area contributed by atoms with Crippen molar-refractivity contribution in [2.45, 2.75) is 26.4 Å². The Bertz CT molecular complexity index is 1180. The lowest BCUT2D eigenvalue weighted by molar-refractivity contribution is 0.0636. The van der Waals surface area contributed by atoms with Crippen molar-refractivity contribution in [1.29, 1.82) is 0 Å². The van der Waals surface area contributed by atoms with Crippen LogP contribution in [0.4, 0.5) is 16.2 Å². The largest absolute Gasteiger partial charge is 0.444 e. The molecule has 0 atom stereocenters. The van der Waals surface area contributed by atoms with Gasteiger partial charge in [-0.05, 0) is 76.4 Å². The second-order valence-corrected chi connectivity index (χ2v) is 8.67. The third-order valence-corrected chi connectivity index (χ3v) is 5.17. The lowest BCUT2D eigenvalue weighted by atomic mass is 10.1. The molecule has 0 heterocycles. The number of hydrogen-bond donors (Lipinski definition) is 2. The van der Waals surface area contributed by atoms with Crippen LogP contribution in [0.2, 0.25) is 0 Å². The fraction of sp³-hybridized carbons (Fsp3) is 0.160. The van der Waals surface area contributed by atoms with E-state index in [4.69, 9.17) is 10.5 Å². The number of nitrogens with one attached hydrogen (secondary N) is 1. The summed E-state index contributed by atoms with van der Waals surface area (Å²) in [6.45, 7) is 5.52. The van der Waals surface area contributed by atoms with Crippen LogP contribution in [0.5, 0.6) is 0 Å². The predicted octanol–water partition coefficient (Wildman–Crippen LogP) is 7.37. The molecular weight excluding hydrogens is 440 g/mol. The van der Waals surface area contributed by atoms with Crippen LogP contribution in [0.25, 0.3) is 21.5 Å². The number of hydrogen-bond acceptors (Lipinski definition) is 3. The third kappa shape index (κ3) is 5.74. The Morgan fingerprint density at radius 3 is 2.17 bits per heavy atom. The molecular formula is C25H25BrN2O2. The first-order chi connectivity index (χ1) is 14.2. The first-order valence-electron chi connectivity index (χ1n) is 9.64. The van der Waals surface area contributed by atoms with Crippen molar-refractivity contribution < 1.29 is 9.53 Å². The number of nitrogens with two attached hydrogens (primary N) is 1. The van der Waals surface area contributed by atoms with Gasteiger partial charge in [0.15, 0.2) is 0 Å². The van der Waals surface area contributed by atoms with E-state index in [0.29, 0.717) is 0 Å². The zero-order chi connectivity index (χ0) is 21.7. The second-order valence-electron chi connectivity index (χ2n) is 7.88. The van der Waals surface area contributed by atoms with E-state index in [1.165, 1.54) is 5.39 Å². The molecule has 0 saturated carbocycles. The van der Waals surface area contributed by atoms with Gasteiger partial charge < -0.3 is 10.5 Å².